The smallest absolute Gasteiger partial charge is 0.243 e. The van der Waals surface area contributed by atoms with E-state index in [4.69, 9.17) is 4.74 Å². The molecule has 1 heterocycles. The molecule has 6 heteroatoms. The van der Waals surface area contributed by atoms with Crippen LogP contribution in [0.25, 0.3) is 0 Å². The number of nitrogens with one attached hydrogen (secondary N) is 1. The summed E-state index contributed by atoms with van der Waals surface area (Å²) in [4.78, 5) is 0.429. The Labute approximate surface area is 133 Å². The minimum atomic E-state index is -3.45. The third kappa shape index (κ3) is 3.45. The van der Waals surface area contributed by atoms with Crippen molar-refractivity contribution in [1.29, 1.82) is 0 Å². The van der Waals surface area contributed by atoms with E-state index in [2.05, 4.69) is 5.32 Å². The van der Waals surface area contributed by atoms with Gasteiger partial charge in [0.1, 0.15) is 5.75 Å². The first kappa shape index (κ1) is 17.2. The lowest BCUT2D eigenvalue weighted by atomic mass is 10.00. The summed E-state index contributed by atoms with van der Waals surface area (Å²) < 4.78 is 32.9. The second kappa shape index (κ2) is 6.98. The predicted octanol–water partition coefficient (Wildman–Crippen LogP) is 1.93. The van der Waals surface area contributed by atoms with Crippen molar-refractivity contribution >= 4 is 10.0 Å². The maximum atomic E-state index is 13.0. The van der Waals surface area contributed by atoms with Crippen molar-refractivity contribution < 1.29 is 13.2 Å². The predicted molar refractivity (Wildman–Crippen MR) is 87.9 cm³/mol. The molecule has 1 N–H and O–H groups in total. The van der Waals surface area contributed by atoms with Crippen LogP contribution in [0.2, 0.25) is 0 Å². The molecule has 0 unspecified atom stereocenters. The van der Waals surface area contributed by atoms with E-state index in [9.17, 15) is 8.42 Å². The van der Waals surface area contributed by atoms with Gasteiger partial charge in [-0.15, -0.1) is 0 Å². The molecule has 1 aromatic rings. The minimum absolute atomic E-state index is 0.382. The fourth-order valence-electron chi connectivity index (χ4n) is 3.26. The van der Waals surface area contributed by atoms with Crippen LogP contribution in [-0.2, 0) is 10.0 Å². The number of hydrogen-bond donors (Lipinski definition) is 1. The van der Waals surface area contributed by atoms with Crippen molar-refractivity contribution in [2.75, 3.05) is 33.8 Å². The average Bonchev–Trinajstić information content (AvgIpc) is 2.46. The normalized spacial score (nSPS) is 20.1. The molecule has 0 spiro atoms. The summed E-state index contributed by atoms with van der Waals surface area (Å²) in [7, 11) is 0.0510. The Balaban J connectivity index is 2.34. The van der Waals surface area contributed by atoms with Gasteiger partial charge in [0, 0.05) is 13.1 Å². The number of sulfonamides is 1. The van der Waals surface area contributed by atoms with Gasteiger partial charge in [-0.05, 0) is 69.5 Å². The fraction of sp³-hybridized carbons (Fsp3) is 0.625. The number of rotatable bonds is 5. The molecule has 1 aliphatic rings. The number of hydrogen-bond acceptors (Lipinski definition) is 4. The molecule has 2 rings (SSSR count). The number of nitrogens with zero attached hydrogens (tertiary/aromatic N) is 1. The molecule has 0 aliphatic carbocycles. The molecule has 1 aromatic carbocycles. The summed E-state index contributed by atoms with van der Waals surface area (Å²) in [6.45, 7) is 5.71. The third-order valence-electron chi connectivity index (χ3n) is 4.24. The van der Waals surface area contributed by atoms with Gasteiger partial charge < -0.3 is 10.1 Å². The van der Waals surface area contributed by atoms with E-state index >= 15 is 0 Å². The Bertz CT molecular complexity index is 603. The zero-order valence-corrected chi connectivity index (χ0v) is 14.7. The Hall–Kier alpha value is -1.11. The van der Waals surface area contributed by atoms with Crippen molar-refractivity contribution in [3.8, 4) is 5.75 Å². The van der Waals surface area contributed by atoms with Crippen molar-refractivity contribution in [1.82, 2.24) is 9.62 Å². The molecular weight excluding hydrogens is 300 g/mol. The number of aryl methyl sites for hydroxylation is 2. The number of ether oxygens (including phenoxy) is 1. The summed E-state index contributed by atoms with van der Waals surface area (Å²) in [5, 5.41) is 3.15. The molecule has 0 bridgehead atoms. The van der Waals surface area contributed by atoms with E-state index in [0.29, 0.717) is 29.7 Å². The SMILES string of the molecule is CNC[C@@H]1CCCN(S(=O)(=O)c2c(C)cc(OC)cc2C)C1. The van der Waals surface area contributed by atoms with Gasteiger partial charge in [-0.25, -0.2) is 8.42 Å². The van der Waals surface area contributed by atoms with Gasteiger partial charge in [0.2, 0.25) is 10.0 Å². The molecule has 1 saturated heterocycles. The third-order valence-corrected chi connectivity index (χ3v) is 6.41. The van der Waals surface area contributed by atoms with Gasteiger partial charge in [-0.1, -0.05) is 0 Å². The Kier molecular flexibility index (Phi) is 5.47. The van der Waals surface area contributed by atoms with Gasteiger partial charge in [-0.3, -0.25) is 0 Å². The summed E-state index contributed by atoms with van der Waals surface area (Å²) in [6.07, 6.45) is 1.99. The molecule has 5 nitrogen and oxygen atoms in total. The number of benzene rings is 1. The van der Waals surface area contributed by atoms with Crippen molar-refractivity contribution in [2.24, 2.45) is 5.92 Å². The minimum Gasteiger partial charge on any atom is -0.497 e. The van der Waals surface area contributed by atoms with Gasteiger partial charge in [-0.2, -0.15) is 4.31 Å². The highest BCUT2D eigenvalue weighted by molar-refractivity contribution is 7.89. The van der Waals surface area contributed by atoms with Crippen molar-refractivity contribution in [2.45, 2.75) is 31.6 Å². The highest BCUT2D eigenvalue weighted by Gasteiger charge is 2.32. The monoisotopic (exact) mass is 326 g/mol. The lowest BCUT2D eigenvalue weighted by Crippen LogP contribution is -2.42. The molecule has 0 aromatic heterocycles. The van der Waals surface area contributed by atoms with Crippen LogP contribution < -0.4 is 10.1 Å². The lowest BCUT2D eigenvalue weighted by Gasteiger charge is -2.32. The van der Waals surface area contributed by atoms with Gasteiger partial charge in [0.15, 0.2) is 0 Å². The first-order valence-electron chi connectivity index (χ1n) is 7.70. The van der Waals surface area contributed by atoms with Crippen LogP contribution in [0, 0.1) is 19.8 Å². The maximum Gasteiger partial charge on any atom is 0.243 e. The summed E-state index contributed by atoms with van der Waals surface area (Å²) >= 11 is 0. The highest BCUT2D eigenvalue weighted by atomic mass is 32.2. The second-order valence-electron chi connectivity index (χ2n) is 6.02. The van der Waals surface area contributed by atoms with Crippen molar-refractivity contribution in [3.05, 3.63) is 23.3 Å². The first-order chi connectivity index (χ1) is 10.4. The van der Waals surface area contributed by atoms with Crippen LogP contribution >= 0.6 is 0 Å². The standard InChI is InChI=1S/C16H26N2O3S/c1-12-8-15(21-4)9-13(2)16(12)22(19,20)18-7-5-6-14(11-18)10-17-3/h8-9,14,17H,5-7,10-11H2,1-4H3/t14-/m0/s1. The molecule has 0 amide bonds. The van der Waals surface area contributed by atoms with E-state index in [1.54, 1.807) is 23.5 Å². The Morgan fingerprint density at radius 2 is 1.95 bits per heavy atom. The topological polar surface area (TPSA) is 58.6 Å². The molecule has 0 saturated carbocycles. The summed E-state index contributed by atoms with van der Waals surface area (Å²) in [5.74, 6) is 1.08. The zero-order chi connectivity index (χ0) is 16.3. The quantitative estimate of drug-likeness (QED) is 0.898. The summed E-state index contributed by atoms with van der Waals surface area (Å²) in [5.41, 5.74) is 1.49. The van der Waals surface area contributed by atoms with Crippen LogP contribution in [0.1, 0.15) is 24.0 Å². The van der Waals surface area contributed by atoms with E-state index in [1.807, 2.05) is 20.9 Å². The van der Waals surface area contributed by atoms with E-state index in [-0.39, 0.29) is 0 Å². The van der Waals surface area contributed by atoms with Gasteiger partial charge >= 0.3 is 0 Å². The molecule has 22 heavy (non-hydrogen) atoms. The van der Waals surface area contributed by atoms with Crippen LogP contribution in [-0.4, -0.2) is 46.5 Å². The number of piperidine rings is 1. The Morgan fingerprint density at radius 1 is 1.32 bits per heavy atom. The van der Waals surface area contributed by atoms with Crippen LogP contribution in [0.3, 0.4) is 0 Å². The van der Waals surface area contributed by atoms with Gasteiger partial charge in [0.25, 0.3) is 0 Å². The Morgan fingerprint density at radius 3 is 2.50 bits per heavy atom. The molecular formula is C16H26N2O3S. The van der Waals surface area contributed by atoms with E-state index in [0.717, 1.165) is 30.5 Å². The lowest BCUT2D eigenvalue weighted by molar-refractivity contribution is 0.263. The molecule has 124 valence electrons. The van der Waals surface area contributed by atoms with E-state index < -0.39 is 10.0 Å². The van der Waals surface area contributed by atoms with Crippen LogP contribution in [0.4, 0.5) is 0 Å². The molecule has 1 fully saturated rings. The largest absolute Gasteiger partial charge is 0.497 e. The average molecular weight is 326 g/mol. The maximum absolute atomic E-state index is 13.0. The van der Waals surface area contributed by atoms with Crippen molar-refractivity contribution in [3.63, 3.8) is 0 Å². The van der Waals surface area contributed by atoms with E-state index in [1.165, 1.54) is 0 Å². The zero-order valence-electron chi connectivity index (χ0n) is 13.8. The van der Waals surface area contributed by atoms with Crippen LogP contribution in [0.15, 0.2) is 17.0 Å². The number of methoxy groups -OCH3 is 1. The van der Waals surface area contributed by atoms with Crippen LogP contribution in [0.5, 0.6) is 5.75 Å². The fourth-order valence-corrected chi connectivity index (χ4v) is 5.23. The highest BCUT2D eigenvalue weighted by Crippen LogP contribution is 2.30. The molecule has 0 radical (unpaired) electrons. The second-order valence-corrected chi connectivity index (χ2v) is 7.89. The molecule has 1 aliphatic heterocycles. The molecule has 1 atom stereocenters. The van der Waals surface area contributed by atoms with Gasteiger partial charge in [0.05, 0.1) is 12.0 Å². The first-order valence-corrected chi connectivity index (χ1v) is 9.14. The summed E-state index contributed by atoms with van der Waals surface area (Å²) in [6, 6.07) is 3.57.